The summed E-state index contributed by atoms with van der Waals surface area (Å²) in [6.07, 6.45) is -0.622. The Morgan fingerprint density at radius 2 is 2.12 bits per heavy atom. The Hall–Kier alpha value is -1.88. The van der Waals surface area contributed by atoms with Gasteiger partial charge in [-0.1, -0.05) is 11.6 Å². The van der Waals surface area contributed by atoms with Crippen molar-refractivity contribution in [3.05, 3.63) is 29.3 Å². The van der Waals surface area contributed by atoms with Crippen molar-refractivity contribution in [1.29, 1.82) is 0 Å². The summed E-state index contributed by atoms with van der Waals surface area (Å²) >= 11 is 0. The predicted octanol–water partition coefficient (Wildman–Crippen LogP) is 1.74. The average Bonchev–Trinajstić information content (AvgIpc) is 2.30. The maximum Gasteiger partial charge on any atom is 0.411 e. The highest BCUT2D eigenvalue weighted by Crippen LogP contribution is 2.18. The number of aliphatic hydroxyl groups is 1. The van der Waals surface area contributed by atoms with Gasteiger partial charge in [0.1, 0.15) is 6.61 Å². The molecule has 0 saturated heterocycles. The molecule has 5 heteroatoms. The van der Waals surface area contributed by atoms with Crippen molar-refractivity contribution in [2.75, 3.05) is 18.5 Å². The first kappa shape index (κ1) is 13.2. The Balaban J connectivity index is 2.98. The molecule has 0 atom stereocenters. The number of ketones is 1. The number of nitrogens with one attached hydrogen (secondary N) is 1. The standard InChI is InChI=1S/C12H15NO4/c1-3-17-12(16)13-10-5-4-8(2)6-9(10)11(15)7-14/h4-6,14H,3,7H2,1-2H3,(H,13,16). The number of ether oxygens (including phenoxy) is 1. The molecule has 0 aromatic heterocycles. The zero-order valence-corrected chi connectivity index (χ0v) is 9.82. The Labute approximate surface area is 99.4 Å². The van der Waals surface area contributed by atoms with E-state index in [1.807, 2.05) is 6.92 Å². The van der Waals surface area contributed by atoms with Crippen LogP contribution in [0.1, 0.15) is 22.8 Å². The predicted molar refractivity (Wildman–Crippen MR) is 63.2 cm³/mol. The SMILES string of the molecule is CCOC(=O)Nc1ccc(C)cc1C(=O)CO. The van der Waals surface area contributed by atoms with Crippen molar-refractivity contribution in [3.8, 4) is 0 Å². The van der Waals surface area contributed by atoms with Gasteiger partial charge in [-0.25, -0.2) is 4.79 Å². The molecule has 0 saturated carbocycles. The maximum absolute atomic E-state index is 11.5. The van der Waals surface area contributed by atoms with Crippen molar-refractivity contribution in [3.63, 3.8) is 0 Å². The van der Waals surface area contributed by atoms with Gasteiger partial charge in [0.25, 0.3) is 0 Å². The number of amides is 1. The van der Waals surface area contributed by atoms with Crippen LogP contribution in [0.4, 0.5) is 10.5 Å². The fraction of sp³-hybridized carbons (Fsp3) is 0.333. The van der Waals surface area contributed by atoms with Gasteiger partial charge in [-0.05, 0) is 26.0 Å². The van der Waals surface area contributed by atoms with Crippen molar-refractivity contribution in [2.24, 2.45) is 0 Å². The van der Waals surface area contributed by atoms with Crippen LogP contribution in [0.5, 0.6) is 0 Å². The Morgan fingerprint density at radius 1 is 1.41 bits per heavy atom. The van der Waals surface area contributed by atoms with E-state index >= 15 is 0 Å². The average molecular weight is 237 g/mol. The molecule has 17 heavy (non-hydrogen) atoms. The fourth-order valence-corrected chi connectivity index (χ4v) is 1.36. The lowest BCUT2D eigenvalue weighted by Crippen LogP contribution is -2.17. The first-order valence-corrected chi connectivity index (χ1v) is 5.27. The number of hydrogen-bond acceptors (Lipinski definition) is 4. The highest BCUT2D eigenvalue weighted by atomic mass is 16.5. The number of carbonyl (C=O) groups excluding carboxylic acids is 2. The minimum Gasteiger partial charge on any atom is -0.450 e. The lowest BCUT2D eigenvalue weighted by Gasteiger charge is -2.10. The number of hydrogen-bond donors (Lipinski definition) is 2. The molecule has 0 heterocycles. The lowest BCUT2D eigenvalue weighted by molar-refractivity contribution is 0.0904. The van der Waals surface area contributed by atoms with E-state index in [0.29, 0.717) is 5.69 Å². The number of rotatable bonds is 4. The molecule has 0 radical (unpaired) electrons. The molecule has 1 aromatic carbocycles. The molecule has 2 N–H and O–H groups in total. The Kier molecular flexibility index (Phi) is 4.66. The summed E-state index contributed by atoms with van der Waals surface area (Å²) < 4.78 is 4.72. The molecule has 0 unspecified atom stereocenters. The van der Waals surface area contributed by atoms with Crippen molar-refractivity contribution in [1.82, 2.24) is 0 Å². The Bertz CT molecular complexity index is 429. The summed E-state index contributed by atoms with van der Waals surface area (Å²) in [6.45, 7) is 3.17. The number of benzene rings is 1. The largest absolute Gasteiger partial charge is 0.450 e. The van der Waals surface area contributed by atoms with Crippen molar-refractivity contribution in [2.45, 2.75) is 13.8 Å². The molecular formula is C12H15NO4. The third-order valence-electron chi connectivity index (χ3n) is 2.13. The third kappa shape index (κ3) is 3.57. The van der Waals surface area contributed by atoms with E-state index in [0.717, 1.165) is 5.56 Å². The zero-order chi connectivity index (χ0) is 12.8. The van der Waals surface area contributed by atoms with Gasteiger partial charge in [-0.2, -0.15) is 0 Å². The monoisotopic (exact) mass is 237 g/mol. The van der Waals surface area contributed by atoms with E-state index in [1.165, 1.54) is 0 Å². The second-order valence-electron chi connectivity index (χ2n) is 3.48. The first-order valence-electron chi connectivity index (χ1n) is 5.27. The molecule has 0 aliphatic carbocycles. The molecule has 1 rings (SSSR count). The van der Waals surface area contributed by atoms with E-state index in [9.17, 15) is 9.59 Å². The summed E-state index contributed by atoms with van der Waals surface area (Å²) in [4.78, 5) is 22.7. The molecule has 0 bridgehead atoms. The molecule has 1 amide bonds. The number of carbonyl (C=O) groups is 2. The van der Waals surface area contributed by atoms with Gasteiger partial charge in [-0.3, -0.25) is 10.1 Å². The molecule has 1 aromatic rings. The first-order chi connectivity index (χ1) is 8.08. The van der Waals surface area contributed by atoms with Gasteiger partial charge in [-0.15, -0.1) is 0 Å². The van der Waals surface area contributed by atoms with Gasteiger partial charge in [0.2, 0.25) is 0 Å². The van der Waals surface area contributed by atoms with Gasteiger partial charge >= 0.3 is 6.09 Å². The number of aliphatic hydroxyl groups excluding tert-OH is 1. The van der Waals surface area contributed by atoms with E-state index in [4.69, 9.17) is 9.84 Å². The van der Waals surface area contributed by atoms with Gasteiger partial charge in [0.05, 0.1) is 12.3 Å². The van der Waals surface area contributed by atoms with Crippen LogP contribution in [0.3, 0.4) is 0 Å². The molecule has 92 valence electrons. The van der Waals surface area contributed by atoms with Crippen LogP contribution in [0.15, 0.2) is 18.2 Å². The minimum absolute atomic E-state index is 0.251. The van der Waals surface area contributed by atoms with Crippen LogP contribution >= 0.6 is 0 Å². The topological polar surface area (TPSA) is 75.6 Å². The molecule has 0 spiro atoms. The zero-order valence-electron chi connectivity index (χ0n) is 9.82. The third-order valence-corrected chi connectivity index (χ3v) is 2.13. The molecule has 0 fully saturated rings. The van der Waals surface area contributed by atoms with Crippen molar-refractivity contribution >= 4 is 17.6 Å². The van der Waals surface area contributed by atoms with Crippen LogP contribution in [-0.4, -0.2) is 30.2 Å². The summed E-state index contributed by atoms with van der Waals surface area (Å²) in [5.41, 5.74) is 1.49. The number of anilines is 1. The van der Waals surface area contributed by atoms with Crippen LogP contribution in [0.25, 0.3) is 0 Å². The molecule has 0 aliphatic heterocycles. The summed E-state index contributed by atoms with van der Waals surface area (Å²) in [6, 6.07) is 4.98. The fourth-order valence-electron chi connectivity index (χ4n) is 1.36. The van der Waals surface area contributed by atoms with E-state index in [-0.39, 0.29) is 12.2 Å². The second kappa shape index (κ2) is 6.00. The Morgan fingerprint density at radius 3 is 2.71 bits per heavy atom. The van der Waals surface area contributed by atoms with Crippen molar-refractivity contribution < 1.29 is 19.4 Å². The van der Waals surface area contributed by atoms with E-state index in [2.05, 4.69) is 5.32 Å². The van der Waals surface area contributed by atoms with Crippen LogP contribution < -0.4 is 5.32 Å². The molecule has 5 nitrogen and oxygen atoms in total. The minimum atomic E-state index is -0.622. The number of Topliss-reactive ketones (excluding diaryl/α,β-unsaturated/α-hetero) is 1. The summed E-state index contributed by atoms with van der Waals surface area (Å²) in [5.74, 6) is -0.444. The molecular weight excluding hydrogens is 222 g/mol. The lowest BCUT2D eigenvalue weighted by atomic mass is 10.1. The van der Waals surface area contributed by atoms with Crippen LogP contribution in [-0.2, 0) is 4.74 Å². The molecule has 0 aliphatic rings. The van der Waals surface area contributed by atoms with E-state index in [1.54, 1.807) is 25.1 Å². The highest BCUT2D eigenvalue weighted by molar-refractivity contribution is 6.04. The number of aryl methyl sites for hydroxylation is 1. The smallest absolute Gasteiger partial charge is 0.411 e. The van der Waals surface area contributed by atoms with Crippen LogP contribution in [0.2, 0.25) is 0 Å². The maximum atomic E-state index is 11.5. The van der Waals surface area contributed by atoms with Gasteiger partial charge < -0.3 is 9.84 Å². The quantitative estimate of drug-likeness (QED) is 0.782. The van der Waals surface area contributed by atoms with Crippen LogP contribution in [0, 0.1) is 6.92 Å². The normalized spacial score (nSPS) is 9.82. The van der Waals surface area contributed by atoms with E-state index < -0.39 is 18.5 Å². The van der Waals surface area contributed by atoms with Gasteiger partial charge in [0, 0.05) is 5.56 Å². The summed E-state index contributed by atoms with van der Waals surface area (Å²) in [5, 5.41) is 11.3. The highest BCUT2D eigenvalue weighted by Gasteiger charge is 2.13. The van der Waals surface area contributed by atoms with Gasteiger partial charge in [0.15, 0.2) is 5.78 Å². The second-order valence-corrected chi connectivity index (χ2v) is 3.48. The summed E-state index contributed by atoms with van der Waals surface area (Å²) in [7, 11) is 0.